The van der Waals surface area contributed by atoms with Crippen LogP contribution in [0, 0.1) is 0 Å². The zero-order chi connectivity index (χ0) is 22.3. The number of hydrogen-bond donors (Lipinski definition) is 2. The van der Waals surface area contributed by atoms with E-state index < -0.39 is 6.10 Å². The molecule has 32 heavy (non-hydrogen) atoms. The second kappa shape index (κ2) is 11.2. The lowest BCUT2D eigenvalue weighted by atomic mass is 9.94. The van der Waals surface area contributed by atoms with Crippen molar-refractivity contribution in [1.82, 2.24) is 15.2 Å². The van der Waals surface area contributed by atoms with Gasteiger partial charge in [0, 0.05) is 43.1 Å². The molecule has 4 atom stereocenters. The molecule has 0 bridgehead atoms. The third-order valence-corrected chi connectivity index (χ3v) is 6.44. The SMILES string of the molecule is O=C(C[C@H]1CC[C@H]2[C@@H](COC[C@@H](O)CN2Cc2ccncc2)O1)NCc1ccccc1Cl. The number of carbonyl (C=O) groups is 1. The molecule has 7 nitrogen and oxygen atoms in total. The van der Waals surface area contributed by atoms with Gasteiger partial charge in [0.15, 0.2) is 0 Å². The largest absolute Gasteiger partial charge is 0.389 e. The van der Waals surface area contributed by atoms with Crippen molar-refractivity contribution in [3.63, 3.8) is 0 Å². The summed E-state index contributed by atoms with van der Waals surface area (Å²) < 4.78 is 12.0. The number of hydrogen-bond acceptors (Lipinski definition) is 6. The summed E-state index contributed by atoms with van der Waals surface area (Å²) in [5.41, 5.74) is 2.04. The average molecular weight is 460 g/mol. The van der Waals surface area contributed by atoms with Crippen LogP contribution in [-0.4, -0.2) is 65.0 Å². The van der Waals surface area contributed by atoms with Crippen LogP contribution >= 0.6 is 11.6 Å². The maximum atomic E-state index is 12.5. The van der Waals surface area contributed by atoms with Gasteiger partial charge >= 0.3 is 0 Å². The van der Waals surface area contributed by atoms with E-state index in [0.29, 0.717) is 37.7 Å². The number of β-amino-alcohol motifs (C(OH)–C–C–N with tert-alkyl or cyclic N) is 1. The van der Waals surface area contributed by atoms with Gasteiger partial charge in [-0.1, -0.05) is 29.8 Å². The monoisotopic (exact) mass is 459 g/mol. The van der Waals surface area contributed by atoms with Crippen molar-refractivity contribution < 1.29 is 19.4 Å². The van der Waals surface area contributed by atoms with E-state index in [-0.39, 0.29) is 30.8 Å². The molecule has 2 saturated heterocycles. The van der Waals surface area contributed by atoms with Crippen molar-refractivity contribution >= 4 is 17.5 Å². The van der Waals surface area contributed by atoms with Crippen molar-refractivity contribution in [1.29, 1.82) is 0 Å². The molecule has 8 heteroatoms. The number of amides is 1. The van der Waals surface area contributed by atoms with Gasteiger partial charge in [-0.2, -0.15) is 0 Å². The molecule has 0 unspecified atom stereocenters. The third kappa shape index (κ3) is 6.27. The molecular weight excluding hydrogens is 430 g/mol. The highest BCUT2D eigenvalue weighted by molar-refractivity contribution is 6.31. The number of pyridine rings is 1. The third-order valence-electron chi connectivity index (χ3n) is 6.07. The highest BCUT2D eigenvalue weighted by Crippen LogP contribution is 2.28. The Morgan fingerprint density at radius 3 is 2.81 bits per heavy atom. The lowest BCUT2D eigenvalue weighted by Crippen LogP contribution is -2.55. The Balaban J connectivity index is 1.34. The minimum Gasteiger partial charge on any atom is -0.389 e. The van der Waals surface area contributed by atoms with E-state index in [2.05, 4.69) is 15.2 Å². The van der Waals surface area contributed by atoms with Gasteiger partial charge in [0.2, 0.25) is 5.91 Å². The number of aliphatic hydroxyl groups is 1. The molecule has 3 heterocycles. The minimum atomic E-state index is -0.536. The van der Waals surface area contributed by atoms with E-state index in [4.69, 9.17) is 21.1 Å². The fraction of sp³-hybridized carbons (Fsp3) is 0.500. The van der Waals surface area contributed by atoms with Crippen LogP contribution in [0.5, 0.6) is 0 Å². The zero-order valence-corrected chi connectivity index (χ0v) is 18.8. The first-order valence-corrected chi connectivity index (χ1v) is 11.5. The Morgan fingerprint density at radius 2 is 2.00 bits per heavy atom. The smallest absolute Gasteiger partial charge is 0.222 e. The summed E-state index contributed by atoms with van der Waals surface area (Å²) in [6.45, 7) is 2.33. The van der Waals surface area contributed by atoms with Crippen LogP contribution < -0.4 is 5.32 Å². The van der Waals surface area contributed by atoms with Gasteiger partial charge in [0.1, 0.15) is 0 Å². The molecule has 2 aliphatic rings. The van der Waals surface area contributed by atoms with E-state index in [1.807, 2.05) is 36.4 Å². The Bertz CT molecular complexity index is 885. The predicted octanol–water partition coefficient (Wildman–Crippen LogP) is 2.55. The van der Waals surface area contributed by atoms with E-state index in [9.17, 15) is 9.90 Å². The van der Waals surface area contributed by atoms with Crippen LogP contribution in [0.4, 0.5) is 0 Å². The fourth-order valence-corrected chi connectivity index (χ4v) is 4.67. The van der Waals surface area contributed by atoms with Gasteiger partial charge in [-0.25, -0.2) is 0 Å². The fourth-order valence-electron chi connectivity index (χ4n) is 4.46. The van der Waals surface area contributed by atoms with Crippen LogP contribution in [-0.2, 0) is 27.4 Å². The normalized spacial score (nSPS) is 26.6. The number of halogens is 1. The lowest BCUT2D eigenvalue weighted by Gasteiger charge is -2.44. The second-order valence-electron chi connectivity index (χ2n) is 8.49. The van der Waals surface area contributed by atoms with Gasteiger partial charge < -0.3 is 19.9 Å². The zero-order valence-electron chi connectivity index (χ0n) is 18.0. The predicted molar refractivity (Wildman–Crippen MR) is 121 cm³/mol. The summed E-state index contributed by atoms with van der Waals surface area (Å²) in [7, 11) is 0. The van der Waals surface area contributed by atoms with E-state index >= 15 is 0 Å². The lowest BCUT2D eigenvalue weighted by molar-refractivity contribution is -0.158. The Morgan fingerprint density at radius 1 is 1.19 bits per heavy atom. The average Bonchev–Trinajstić information content (AvgIpc) is 2.78. The number of ether oxygens (including phenoxy) is 2. The molecule has 0 radical (unpaired) electrons. The summed E-state index contributed by atoms with van der Waals surface area (Å²) >= 11 is 6.17. The maximum Gasteiger partial charge on any atom is 0.222 e. The quantitative estimate of drug-likeness (QED) is 0.690. The first-order valence-electron chi connectivity index (χ1n) is 11.1. The number of rotatable bonds is 6. The maximum absolute atomic E-state index is 12.5. The molecular formula is C24H30ClN3O4. The van der Waals surface area contributed by atoms with E-state index in [1.165, 1.54) is 0 Å². The Kier molecular flexibility index (Phi) is 8.10. The van der Waals surface area contributed by atoms with Crippen LogP contribution in [0.15, 0.2) is 48.8 Å². The molecule has 0 saturated carbocycles. The number of aromatic nitrogens is 1. The number of carbonyl (C=O) groups excluding carboxylic acids is 1. The summed E-state index contributed by atoms with van der Waals surface area (Å²) in [5, 5.41) is 13.9. The standard InChI is InChI=1S/C24H30ClN3O4/c25-21-4-2-1-3-18(21)12-27-24(30)11-20-5-6-22-23(32-20)16-31-15-19(29)14-28(22)13-17-7-9-26-10-8-17/h1-4,7-10,19-20,22-23,29H,5-6,11-16H2,(H,27,30)/t19-,20+,22-,23+/m0/s1. The van der Waals surface area contributed by atoms with E-state index in [1.54, 1.807) is 12.4 Å². The van der Waals surface area contributed by atoms with Crippen molar-refractivity contribution in [2.45, 2.75) is 56.7 Å². The van der Waals surface area contributed by atoms with Crippen molar-refractivity contribution in [2.24, 2.45) is 0 Å². The number of fused-ring (bicyclic) bond motifs is 1. The number of nitrogens with one attached hydrogen (secondary N) is 1. The molecule has 0 aliphatic carbocycles. The van der Waals surface area contributed by atoms with Crippen LogP contribution in [0.2, 0.25) is 5.02 Å². The number of benzene rings is 1. The van der Waals surface area contributed by atoms with E-state index in [0.717, 1.165) is 24.0 Å². The highest BCUT2D eigenvalue weighted by atomic mass is 35.5. The molecule has 1 aromatic heterocycles. The van der Waals surface area contributed by atoms with Gasteiger partial charge in [-0.3, -0.25) is 14.7 Å². The topological polar surface area (TPSA) is 83.9 Å². The first kappa shape index (κ1) is 23.1. The van der Waals surface area contributed by atoms with Crippen molar-refractivity contribution in [3.8, 4) is 0 Å². The number of nitrogens with zero attached hydrogens (tertiary/aromatic N) is 2. The minimum absolute atomic E-state index is 0.0517. The molecule has 2 N–H and O–H groups in total. The Labute approximate surface area is 193 Å². The van der Waals surface area contributed by atoms with Crippen LogP contribution in [0.1, 0.15) is 30.4 Å². The van der Waals surface area contributed by atoms with Crippen LogP contribution in [0.3, 0.4) is 0 Å². The van der Waals surface area contributed by atoms with Crippen LogP contribution in [0.25, 0.3) is 0 Å². The molecule has 172 valence electrons. The first-order chi connectivity index (χ1) is 15.6. The van der Waals surface area contributed by atoms with Gasteiger partial charge in [0.25, 0.3) is 0 Å². The molecule has 0 spiro atoms. The second-order valence-corrected chi connectivity index (χ2v) is 8.90. The molecule has 4 rings (SSSR count). The molecule has 2 aliphatic heterocycles. The highest BCUT2D eigenvalue weighted by Gasteiger charge is 2.38. The summed E-state index contributed by atoms with van der Waals surface area (Å²) in [6, 6.07) is 11.6. The molecule has 1 amide bonds. The summed E-state index contributed by atoms with van der Waals surface area (Å²) in [5.74, 6) is -0.0517. The summed E-state index contributed by atoms with van der Waals surface area (Å²) in [4.78, 5) is 18.9. The van der Waals surface area contributed by atoms with Gasteiger partial charge in [0.05, 0.1) is 37.9 Å². The van der Waals surface area contributed by atoms with Crippen molar-refractivity contribution in [3.05, 3.63) is 64.9 Å². The van der Waals surface area contributed by atoms with Crippen molar-refractivity contribution in [2.75, 3.05) is 19.8 Å². The van der Waals surface area contributed by atoms with Gasteiger partial charge in [-0.15, -0.1) is 0 Å². The summed E-state index contributed by atoms with van der Waals surface area (Å²) in [6.07, 6.45) is 4.71. The molecule has 2 fully saturated rings. The molecule has 2 aromatic rings. The van der Waals surface area contributed by atoms with Gasteiger partial charge in [-0.05, 0) is 42.2 Å². The molecule has 1 aromatic carbocycles. The number of aliphatic hydroxyl groups excluding tert-OH is 1. The Hall–Kier alpha value is -2.03.